The molecule has 16 heavy (non-hydrogen) atoms. The molecule has 90 valence electrons. The number of amidine groups is 1. The van der Waals surface area contributed by atoms with Crippen molar-refractivity contribution in [3.8, 4) is 0 Å². The highest BCUT2D eigenvalue weighted by atomic mass is 19.1. The predicted octanol–water partition coefficient (Wildman–Crippen LogP) is 3.76. The van der Waals surface area contributed by atoms with Gasteiger partial charge in [-0.15, -0.1) is 0 Å². The van der Waals surface area contributed by atoms with Crippen LogP contribution in [0.25, 0.3) is 0 Å². The Hall–Kier alpha value is -1.45. The van der Waals surface area contributed by atoms with Crippen molar-refractivity contribution in [1.29, 1.82) is 0 Å². The molecule has 0 unspecified atom stereocenters. The van der Waals surface area contributed by atoms with E-state index in [-0.39, 0.29) is 11.3 Å². The summed E-state index contributed by atoms with van der Waals surface area (Å²) in [6, 6.07) is 2.58. The number of halogens is 2. The molecule has 0 saturated heterocycles. The zero-order valence-electron chi connectivity index (χ0n) is 10.4. The van der Waals surface area contributed by atoms with Crippen LogP contribution in [0.15, 0.2) is 17.1 Å². The molecule has 0 amide bonds. The van der Waals surface area contributed by atoms with Crippen LogP contribution >= 0.6 is 0 Å². The van der Waals surface area contributed by atoms with E-state index in [1.165, 1.54) is 19.1 Å². The maximum atomic E-state index is 13.4. The van der Waals surface area contributed by atoms with Crippen molar-refractivity contribution in [2.45, 2.75) is 27.7 Å². The van der Waals surface area contributed by atoms with Gasteiger partial charge in [-0.05, 0) is 26.0 Å². The standard InChI is InChI=1S/C10H12F2N2.C2H6/c1-6-8(11)4-5-9(10(6)12)14-7(2)13-3;1-2/h4-5H,1-3H3,(H,13,14);1-2H3. The maximum absolute atomic E-state index is 13.4. The van der Waals surface area contributed by atoms with Crippen LogP contribution in [0.3, 0.4) is 0 Å². The highest BCUT2D eigenvalue weighted by molar-refractivity contribution is 5.93. The second-order valence-corrected chi connectivity index (χ2v) is 2.97. The van der Waals surface area contributed by atoms with Gasteiger partial charge in [-0.3, -0.25) is 4.99 Å². The van der Waals surface area contributed by atoms with Gasteiger partial charge in [0.15, 0.2) is 5.82 Å². The second kappa shape index (κ2) is 6.93. The molecule has 0 bridgehead atoms. The summed E-state index contributed by atoms with van der Waals surface area (Å²) in [6.45, 7) is 7.10. The second-order valence-electron chi connectivity index (χ2n) is 2.97. The van der Waals surface area contributed by atoms with Gasteiger partial charge in [-0.25, -0.2) is 8.78 Å². The largest absolute Gasteiger partial charge is 0.342 e. The van der Waals surface area contributed by atoms with Gasteiger partial charge in [0.2, 0.25) is 0 Å². The quantitative estimate of drug-likeness (QED) is 0.574. The Kier molecular flexibility index (Phi) is 6.30. The summed E-state index contributed by atoms with van der Waals surface area (Å²) in [5.41, 5.74) is 0.255. The molecular formula is C12H18F2N2. The Morgan fingerprint density at radius 1 is 1.25 bits per heavy atom. The van der Waals surface area contributed by atoms with E-state index in [0.29, 0.717) is 5.84 Å². The molecule has 1 aromatic carbocycles. The van der Waals surface area contributed by atoms with E-state index in [2.05, 4.69) is 10.3 Å². The normalized spacial score (nSPS) is 10.6. The van der Waals surface area contributed by atoms with Gasteiger partial charge in [0, 0.05) is 12.6 Å². The van der Waals surface area contributed by atoms with Gasteiger partial charge in [0.05, 0.1) is 11.5 Å². The number of aliphatic imine (C=N–C) groups is 1. The summed E-state index contributed by atoms with van der Waals surface area (Å²) in [6.07, 6.45) is 0. The van der Waals surface area contributed by atoms with Crippen molar-refractivity contribution in [3.63, 3.8) is 0 Å². The molecule has 1 N–H and O–H groups in total. The Labute approximate surface area is 95.4 Å². The zero-order valence-corrected chi connectivity index (χ0v) is 10.4. The fourth-order valence-corrected chi connectivity index (χ4v) is 1.01. The van der Waals surface area contributed by atoms with Crippen molar-refractivity contribution in [3.05, 3.63) is 29.3 Å². The number of nitrogens with one attached hydrogen (secondary N) is 1. The fourth-order valence-electron chi connectivity index (χ4n) is 1.01. The van der Waals surface area contributed by atoms with Crippen LogP contribution in [0, 0.1) is 18.6 Å². The monoisotopic (exact) mass is 228 g/mol. The summed E-state index contributed by atoms with van der Waals surface area (Å²) < 4.78 is 26.3. The third kappa shape index (κ3) is 3.61. The number of anilines is 1. The van der Waals surface area contributed by atoms with Crippen molar-refractivity contribution in [2.24, 2.45) is 4.99 Å². The van der Waals surface area contributed by atoms with Crippen molar-refractivity contribution < 1.29 is 8.78 Å². The number of benzene rings is 1. The summed E-state index contributed by atoms with van der Waals surface area (Å²) in [5.74, 6) is -0.540. The fraction of sp³-hybridized carbons (Fsp3) is 0.417. The van der Waals surface area contributed by atoms with E-state index in [1.54, 1.807) is 14.0 Å². The van der Waals surface area contributed by atoms with E-state index in [0.717, 1.165) is 0 Å². The van der Waals surface area contributed by atoms with E-state index >= 15 is 0 Å². The number of rotatable bonds is 1. The van der Waals surface area contributed by atoms with Gasteiger partial charge in [-0.2, -0.15) is 0 Å². The maximum Gasteiger partial charge on any atom is 0.152 e. The van der Waals surface area contributed by atoms with Crippen LogP contribution in [-0.4, -0.2) is 12.9 Å². The van der Waals surface area contributed by atoms with E-state index in [9.17, 15) is 8.78 Å². The molecule has 0 fully saturated rings. The number of nitrogens with zero attached hydrogens (tertiary/aromatic N) is 1. The molecule has 2 nitrogen and oxygen atoms in total. The van der Waals surface area contributed by atoms with Gasteiger partial charge in [-0.1, -0.05) is 13.8 Å². The lowest BCUT2D eigenvalue weighted by Crippen LogP contribution is -2.09. The zero-order chi connectivity index (χ0) is 12.7. The SMILES string of the molecule is CC.CN=C(C)Nc1ccc(F)c(C)c1F. The van der Waals surface area contributed by atoms with Crippen LogP contribution in [0.4, 0.5) is 14.5 Å². The molecule has 1 aromatic rings. The topological polar surface area (TPSA) is 24.4 Å². The molecule has 0 aliphatic rings. The third-order valence-electron chi connectivity index (χ3n) is 1.97. The van der Waals surface area contributed by atoms with Crippen LogP contribution in [0.1, 0.15) is 26.3 Å². The predicted molar refractivity (Wildman–Crippen MR) is 65.1 cm³/mol. The molecule has 0 radical (unpaired) electrons. The first-order valence-corrected chi connectivity index (χ1v) is 5.21. The van der Waals surface area contributed by atoms with Crippen LogP contribution in [0.2, 0.25) is 0 Å². The van der Waals surface area contributed by atoms with Crippen LogP contribution < -0.4 is 5.32 Å². The van der Waals surface area contributed by atoms with Crippen LogP contribution in [-0.2, 0) is 0 Å². The molecular weight excluding hydrogens is 210 g/mol. The number of hydrogen-bond acceptors (Lipinski definition) is 1. The molecule has 0 aromatic heterocycles. The third-order valence-corrected chi connectivity index (χ3v) is 1.97. The highest BCUT2D eigenvalue weighted by Crippen LogP contribution is 2.19. The Morgan fingerprint density at radius 2 is 1.81 bits per heavy atom. The van der Waals surface area contributed by atoms with Gasteiger partial charge >= 0.3 is 0 Å². The average molecular weight is 228 g/mol. The summed E-state index contributed by atoms with van der Waals surface area (Å²) in [4.78, 5) is 3.82. The van der Waals surface area contributed by atoms with Gasteiger partial charge in [0.25, 0.3) is 0 Å². The van der Waals surface area contributed by atoms with Crippen molar-refractivity contribution >= 4 is 11.5 Å². The van der Waals surface area contributed by atoms with Crippen molar-refractivity contribution in [1.82, 2.24) is 0 Å². The first-order valence-electron chi connectivity index (χ1n) is 5.21. The highest BCUT2D eigenvalue weighted by Gasteiger charge is 2.09. The molecule has 0 aliphatic carbocycles. The lowest BCUT2D eigenvalue weighted by Gasteiger charge is -2.08. The smallest absolute Gasteiger partial charge is 0.152 e. The minimum Gasteiger partial charge on any atom is -0.342 e. The molecule has 0 saturated carbocycles. The van der Waals surface area contributed by atoms with E-state index in [4.69, 9.17) is 0 Å². The molecule has 0 atom stereocenters. The van der Waals surface area contributed by atoms with E-state index < -0.39 is 11.6 Å². The summed E-state index contributed by atoms with van der Waals surface area (Å²) >= 11 is 0. The van der Waals surface area contributed by atoms with Gasteiger partial charge in [0.1, 0.15) is 5.82 Å². The Morgan fingerprint density at radius 3 is 2.31 bits per heavy atom. The summed E-state index contributed by atoms with van der Waals surface area (Å²) in [7, 11) is 1.59. The molecule has 1 rings (SSSR count). The molecule has 0 aliphatic heterocycles. The lowest BCUT2D eigenvalue weighted by molar-refractivity contribution is 0.571. The molecule has 0 heterocycles. The molecule has 0 spiro atoms. The summed E-state index contributed by atoms with van der Waals surface area (Å²) in [5, 5.41) is 2.74. The van der Waals surface area contributed by atoms with E-state index in [1.807, 2.05) is 13.8 Å². The van der Waals surface area contributed by atoms with Gasteiger partial charge < -0.3 is 5.32 Å². The van der Waals surface area contributed by atoms with Crippen LogP contribution in [0.5, 0.6) is 0 Å². The average Bonchev–Trinajstić information content (AvgIpc) is 2.32. The minimum absolute atomic E-state index is 0.0129. The first-order chi connectivity index (χ1) is 7.56. The number of hydrogen-bond donors (Lipinski definition) is 1. The Balaban J connectivity index is 0.00000106. The minimum atomic E-state index is -0.576. The molecule has 4 heteroatoms. The van der Waals surface area contributed by atoms with Crippen molar-refractivity contribution in [2.75, 3.05) is 12.4 Å². The Bertz CT molecular complexity index is 374. The lowest BCUT2D eigenvalue weighted by atomic mass is 10.2. The first kappa shape index (κ1) is 14.6.